The van der Waals surface area contributed by atoms with E-state index in [9.17, 15) is 15.2 Å². The second-order valence-electron chi connectivity index (χ2n) is 5.21. The zero-order chi connectivity index (χ0) is 14.5. The molecule has 1 aliphatic carbocycles. The van der Waals surface area contributed by atoms with Crippen LogP contribution in [0, 0.1) is 16.0 Å². The lowest BCUT2D eigenvalue weighted by molar-refractivity contribution is -0.384. The summed E-state index contributed by atoms with van der Waals surface area (Å²) in [6.45, 7) is 0.643. The van der Waals surface area contributed by atoms with Crippen LogP contribution in [0.3, 0.4) is 0 Å². The maximum atomic E-state index is 11.1. The molecule has 1 aromatic rings. The van der Waals surface area contributed by atoms with E-state index in [-0.39, 0.29) is 11.8 Å². The van der Waals surface area contributed by atoms with Gasteiger partial charge in [0.15, 0.2) is 0 Å². The van der Waals surface area contributed by atoms with Crippen molar-refractivity contribution < 1.29 is 14.8 Å². The van der Waals surface area contributed by atoms with Crippen LogP contribution >= 0.6 is 0 Å². The van der Waals surface area contributed by atoms with Gasteiger partial charge in [0.1, 0.15) is 11.4 Å². The standard InChI is InChI=1S/C14H20N2O4/c1-20-12-5-6-13(14(8-12)16(18)19)15-9-10-3-2-4-11(17)7-10/h5-6,8,10-11,15,17H,2-4,7,9H2,1H3. The number of methoxy groups -OCH3 is 1. The fraction of sp³-hybridized carbons (Fsp3) is 0.571. The van der Waals surface area contributed by atoms with Gasteiger partial charge < -0.3 is 15.2 Å². The van der Waals surface area contributed by atoms with Crippen molar-refractivity contribution in [3.63, 3.8) is 0 Å². The van der Waals surface area contributed by atoms with Gasteiger partial charge in [0, 0.05) is 6.54 Å². The molecule has 20 heavy (non-hydrogen) atoms. The first kappa shape index (κ1) is 14.6. The molecule has 0 amide bonds. The number of benzene rings is 1. The van der Waals surface area contributed by atoms with Crippen molar-refractivity contribution in [3.8, 4) is 5.75 Å². The van der Waals surface area contributed by atoms with E-state index in [1.165, 1.54) is 13.2 Å². The number of rotatable bonds is 5. The third kappa shape index (κ3) is 3.60. The molecule has 0 heterocycles. The second kappa shape index (κ2) is 6.56. The Hall–Kier alpha value is -1.82. The Morgan fingerprint density at radius 3 is 2.95 bits per heavy atom. The molecule has 0 bridgehead atoms. The van der Waals surface area contributed by atoms with Crippen LogP contribution in [-0.4, -0.2) is 29.8 Å². The molecule has 1 aromatic carbocycles. The van der Waals surface area contributed by atoms with Crippen molar-refractivity contribution in [2.45, 2.75) is 31.8 Å². The van der Waals surface area contributed by atoms with Crippen molar-refractivity contribution in [2.24, 2.45) is 5.92 Å². The van der Waals surface area contributed by atoms with Gasteiger partial charge in [0.25, 0.3) is 5.69 Å². The Kier molecular flexibility index (Phi) is 4.79. The van der Waals surface area contributed by atoms with Gasteiger partial charge in [-0.25, -0.2) is 0 Å². The van der Waals surface area contributed by atoms with Crippen LogP contribution in [0.4, 0.5) is 11.4 Å². The number of ether oxygens (including phenoxy) is 1. The molecule has 0 spiro atoms. The molecule has 6 nitrogen and oxygen atoms in total. The zero-order valence-corrected chi connectivity index (χ0v) is 11.5. The summed E-state index contributed by atoms with van der Waals surface area (Å²) in [7, 11) is 1.48. The molecule has 0 saturated heterocycles. The molecule has 1 fully saturated rings. The summed E-state index contributed by atoms with van der Waals surface area (Å²) in [5.74, 6) is 0.829. The normalized spacial score (nSPS) is 22.3. The minimum Gasteiger partial charge on any atom is -0.496 e. The summed E-state index contributed by atoms with van der Waals surface area (Å²) in [4.78, 5) is 10.6. The van der Waals surface area contributed by atoms with E-state index in [1.54, 1.807) is 12.1 Å². The third-order valence-electron chi connectivity index (χ3n) is 3.74. The van der Waals surface area contributed by atoms with Gasteiger partial charge in [0.05, 0.1) is 24.2 Å². The van der Waals surface area contributed by atoms with Gasteiger partial charge in [-0.05, 0) is 37.3 Å². The first-order valence-corrected chi connectivity index (χ1v) is 6.84. The van der Waals surface area contributed by atoms with Gasteiger partial charge >= 0.3 is 0 Å². The minimum absolute atomic E-state index is 0.0145. The number of aliphatic hydroxyl groups excluding tert-OH is 1. The molecule has 1 aliphatic rings. The lowest BCUT2D eigenvalue weighted by Crippen LogP contribution is -2.25. The van der Waals surface area contributed by atoms with E-state index < -0.39 is 4.92 Å². The monoisotopic (exact) mass is 280 g/mol. The average molecular weight is 280 g/mol. The van der Waals surface area contributed by atoms with Gasteiger partial charge in [0.2, 0.25) is 0 Å². The quantitative estimate of drug-likeness (QED) is 0.639. The highest BCUT2D eigenvalue weighted by molar-refractivity contribution is 5.63. The maximum absolute atomic E-state index is 11.1. The topological polar surface area (TPSA) is 84.6 Å². The largest absolute Gasteiger partial charge is 0.496 e. The summed E-state index contributed by atoms with van der Waals surface area (Å²) in [6.07, 6.45) is 3.45. The number of hydrogen-bond acceptors (Lipinski definition) is 5. The molecule has 2 rings (SSSR count). The van der Waals surface area contributed by atoms with Crippen molar-refractivity contribution in [3.05, 3.63) is 28.3 Å². The Morgan fingerprint density at radius 1 is 1.50 bits per heavy atom. The highest BCUT2D eigenvalue weighted by Gasteiger charge is 2.21. The molecule has 1 saturated carbocycles. The van der Waals surface area contributed by atoms with Crippen molar-refractivity contribution in [2.75, 3.05) is 19.0 Å². The number of aliphatic hydroxyl groups is 1. The van der Waals surface area contributed by atoms with Crippen LogP contribution in [0.5, 0.6) is 5.75 Å². The first-order chi connectivity index (χ1) is 9.60. The van der Waals surface area contributed by atoms with E-state index >= 15 is 0 Å². The molecule has 0 aromatic heterocycles. The molecular weight excluding hydrogens is 260 g/mol. The number of nitrogens with one attached hydrogen (secondary N) is 1. The van der Waals surface area contributed by atoms with Crippen LogP contribution in [-0.2, 0) is 0 Å². The van der Waals surface area contributed by atoms with Crippen molar-refractivity contribution in [1.29, 1.82) is 0 Å². The molecule has 110 valence electrons. The minimum atomic E-state index is -0.416. The van der Waals surface area contributed by atoms with E-state index in [4.69, 9.17) is 4.74 Å². The lowest BCUT2D eigenvalue weighted by atomic mass is 9.87. The average Bonchev–Trinajstić information content (AvgIpc) is 2.45. The summed E-state index contributed by atoms with van der Waals surface area (Å²) >= 11 is 0. The van der Waals surface area contributed by atoms with E-state index in [1.807, 2.05) is 0 Å². The smallest absolute Gasteiger partial charge is 0.296 e. The van der Waals surface area contributed by atoms with Gasteiger partial charge in [-0.2, -0.15) is 0 Å². The van der Waals surface area contributed by atoms with Gasteiger partial charge in [-0.3, -0.25) is 10.1 Å². The van der Waals surface area contributed by atoms with Crippen LogP contribution < -0.4 is 10.1 Å². The predicted molar refractivity (Wildman–Crippen MR) is 76.1 cm³/mol. The van der Waals surface area contributed by atoms with Crippen molar-refractivity contribution in [1.82, 2.24) is 0 Å². The summed E-state index contributed by atoms with van der Waals surface area (Å²) in [6, 6.07) is 4.78. The fourth-order valence-electron chi connectivity index (χ4n) is 2.64. The molecular formula is C14H20N2O4. The Labute approximate surface area is 117 Å². The SMILES string of the molecule is COc1ccc(NCC2CCCC(O)C2)c([N+](=O)[O-])c1. The first-order valence-electron chi connectivity index (χ1n) is 6.84. The summed E-state index contributed by atoms with van der Waals surface area (Å²) in [5, 5.41) is 23.8. The van der Waals surface area contributed by atoms with Crippen LogP contribution in [0.2, 0.25) is 0 Å². The van der Waals surface area contributed by atoms with Gasteiger partial charge in [-0.1, -0.05) is 6.42 Å². The molecule has 0 aliphatic heterocycles. The predicted octanol–water partition coefficient (Wildman–Crippen LogP) is 2.57. The number of nitro groups is 1. The molecule has 2 unspecified atom stereocenters. The summed E-state index contributed by atoms with van der Waals surface area (Å²) in [5.41, 5.74) is 0.511. The van der Waals surface area contributed by atoms with E-state index in [2.05, 4.69) is 5.32 Å². The van der Waals surface area contributed by atoms with E-state index in [0.29, 0.717) is 23.9 Å². The maximum Gasteiger partial charge on any atom is 0.296 e. The zero-order valence-electron chi connectivity index (χ0n) is 11.5. The summed E-state index contributed by atoms with van der Waals surface area (Å²) < 4.78 is 5.00. The number of anilines is 1. The Balaban J connectivity index is 2.03. The number of nitrogens with zero attached hydrogens (tertiary/aromatic N) is 1. The van der Waals surface area contributed by atoms with Crippen LogP contribution in [0.25, 0.3) is 0 Å². The molecule has 6 heteroatoms. The third-order valence-corrected chi connectivity index (χ3v) is 3.74. The molecule has 2 N–H and O–H groups in total. The fourth-order valence-corrected chi connectivity index (χ4v) is 2.64. The highest BCUT2D eigenvalue weighted by atomic mass is 16.6. The number of hydrogen-bond donors (Lipinski definition) is 2. The molecule has 0 radical (unpaired) electrons. The van der Waals surface area contributed by atoms with Crippen LogP contribution in [0.15, 0.2) is 18.2 Å². The number of nitro benzene ring substituents is 1. The van der Waals surface area contributed by atoms with Crippen molar-refractivity contribution >= 4 is 11.4 Å². The van der Waals surface area contributed by atoms with Gasteiger partial charge in [-0.15, -0.1) is 0 Å². The Morgan fingerprint density at radius 2 is 2.30 bits per heavy atom. The highest BCUT2D eigenvalue weighted by Crippen LogP contribution is 2.30. The second-order valence-corrected chi connectivity index (χ2v) is 5.21. The molecule has 2 atom stereocenters. The van der Waals surface area contributed by atoms with E-state index in [0.717, 1.165) is 25.7 Å². The Bertz CT molecular complexity index is 478. The lowest BCUT2D eigenvalue weighted by Gasteiger charge is -2.26. The van der Waals surface area contributed by atoms with Crippen LogP contribution in [0.1, 0.15) is 25.7 Å².